The predicted molar refractivity (Wildman–Crippen MR) is 45.9 cm³/mol. The van der Waals surface area contributed by atoms with Gasteiger partial charge in [-0.25, -0.2) is 4.39 Å². The number of nitrogens with zero attached hydrogens (tertiary/aromatic N) is 1. The van der Waals surface area contributed by atoms with Crippen LogP contribution in [0, 0.1) is 12.7 Å². The summed E-state index contributed by atoms with van der Waals surface area (Å²) in [6.07, 6.45) is 0. The Hall–Kier alpha value is -0.610. The van der Waals surface area contributed by atoms with E-state index in [1.54, 1.807) is 0 Å². The lowest BCUT2D eigenvalue weighted by Gasteiger charge is -2.09. The molecular weight excluding hydrogens is 226 g/mol. The van der Waals surface area contributed by atoms with Crippen molar-refractivity contribution in [3.8, 4) is 0 Å². The summed E-state index contributed by atoms with van der Waals surface area (Å²) in [5.74, 6) is -0.888. The van der Waals surface area contributed by atoms with Crippen LogP contribution < -0.4 is 5.34 Å². The molecule has 1 rings (SSSR count). The fourth-order valence-electron chi connectivity index (χ4n) is 0.859. The molecule has 0 saturated carbocycles. The maximum atomic E-state index is 13.0. The third-order valence-corrected chi connectivity index (χ3v) is 2.12. The molecular formula is C7H4Cl2F3N. The SMILES string of the molecule is Cc1cc(Cl)c(N(F)F)c(Cl)c1F. The van der Waals surface area contributed by atoms with E-state index < -0.39 is 21.9 Å². The van der Waals surface area contributed by atoms with E-state index in [4.69, 9.17) is 23.2 Å². The molecule has 0 aromatic heterocycles. The highest BCUT2D eigenvalue weighted by Crippen LogP contribution is 2.37. The summed E-state index contributed by atoms with van der Waals surface area (Å²) in [7, 11) is 0. The molecule has 0 spiro atoms. The van der Waals surface area contributed by atoms with Gasteiger partial charge in [0, 0.05) is 0 Å². The van der Waals surface area contributed by atoms with Crippen molar-refractivity contribution in [1.82, 2.24) is 0 Å². The highest BCUT2D eigenvalue weighted by atomic mass is 35.5. The molecule has 0 heterocycles. The van der Waals surface area contributed by atoms with Crippen molar-refractivity contribution in [2.75, 3.05) is 5.34 Å². The molecule has 0 bridgehead atoms. The van der Waals surface area contributed by atoms with Crippen LogP contribution in [-0.4, -0.2) is 0 Å². The summed E-state index contributed by atoms with van der Waals surface area (Å²) in [4.78, 5) is 0. The second kappa shape index (κ2) is 3.64. The first-order valence-electron chi connectivity index (χ1n) is 3.21. The van der Waals surface area contributed by atoms with E-state index in [1.165, 1.54) is 6.92 Å². The average molecular weight is 230 g/mol. The fourth-order valence-corrected chi connectivity index (χ4v) is 1.54. The zero-order chi connectivity index (χ0) is 10.2. The molecule has 6 heteroatoms. The molecule has 0 N–H and O–H groups in total. The minimum absolute atomic E-state index is 0.126. The summed E-state index contributed by atoms with van der Waals surface area (Å²) >= 11 is 10.7. The molecule has 0 fully saturated rings. The van der Waals surface area contributed by atoms with Crippen molar-refractivity contribution in [3.05, 3.63) is 27.5 Å². The van der Waals surface area contributed by atoms with Gasteiger partial charge < -0.3 is 0 Å². The average Bonchev–Trinajstić information content (AvgIpc) is 1.99. The fraction of sp³-hybridized carbons (Fsp3) is 0.143. The van der Waals surface area contributed by atoms with Gasteiger partial charge in [-0.15, -0.1) is 0 Å². The van der Waals surface area contributed by atoms with Crippen LogP contribution in [0.1, 0.15) is 5.56 Å². The first-order chi connectivity index (χ1) is 5.95. The van der Waals surface area contributed by atoms with Gasteiger partial charge in [0.15, 0.2) is 0 Å². The lowest BCUT2D eigenvalue weighted by atomic mass is 10.2. The van der Waals surface area contributed by atoms with Gasteiger partial charge in [0.2, 0.25) is 0 Å². The highest BCUT2D eigenvalue weighted by Gasteiger charge is 2.19. The Morgan fingerprint density at radius 1 is 1.31 bits per heavy atom. The number of rotatable bonds is 1. The molecule has 0 unspecified atom stereocenters. The number of benzene rings is 1. The largest absolute Gasteiger partial charge is 0.205 e. The molecule has 13 heavy (non-hydrogen) atoms. The zero-order valence-corrected chi connectivity index (χ0v) is 7.93. The van der Waals surface area contributed by atoms with E-state index in [0.29, 0.717) is 0 Å². The maximum absolute atomic E-state index is 13.0. The van der Waals surface area contributed by atoms with Gasteiger partial charge in [-0.1, -0.05) is 32.2 Å². The molecule has 0 amide bonds. The van der Waals surface area contributed by atoms with Gasteiger partial charge in [0.05, 0.1) is 5.02 Å². The van der Waals surface area contributed by atoms with Gasteiger partial charge in [0.25, 0.3) is 0 Å². The van der Waals surface area contributed by atoms with Gasteiger partial charge in [-0.2, -0.15) is 0 Å². The Bertz CT molecular complexity index is 341. The quantitative estimate of drug-likeness (QED) is 0.520. The molecule has 1 aromatic carbocycles. The number of hydrogen-bond donors (Lipinski definition) is 0. The lowest BCUT2D eigenvalue weighted by molar-refractivity contribution is 0.235. The monoisotopic (exact) mass is 229 g/mol. The number of anilines is 1. The highest BCUT2D eigenvalue weighted by molar-refractivity contribution is 6.39. The van der Waals surface area contributed by atoms with Crippen LogP contribution in [-0.2, 0) is 0 Å². The minimum Gasteiger partial charge on any atom is -0.205 e. The molecule has 0 aliphatic heterocycles. The summed E-state index contributed by atoms with van der Waals surface area (Å²) in [5.41, 5.74) is -0.688. The standard InChI is InChI=1S/C7H4Cl2F3N/c1-3-2-4(8)7(13(11)12)5(9)6(3)10/h2H,1H3. The number of hydrogen-bond acceptors (Lipinski definition) is 1. The smallest absolute Gasteiger partial charge is 0.147 e. The number of halogens is 5. The van der Waals surface area contributed by atoms with Crippen molar-refractivity contribution in [2.45, 2.75) is 6.92 Å². The molecule has 1 nitrogen and oxygen atoms in total. The topological polar surface area (TPSA) is 3.24 Å². The van der Waals surface area contributed by atoms with Gasteiger partial charge >= 0.3 is 0 Å². The third-order valence-electron chi connectivity index (χ3n) is 1.49. The first kappa shape index (κ1) is 10.5. The van der Waals surface area contributed by atoms with Gasteiger partial charge in [-0.05, 0) is 23.9 Å². The van der Waals surface area contributed by atoms with Crippen LogP contribution in [0.2, 0.25) is 10.0 Å². The summed E-state index contributed by atoms with van der Waals surface area (Å²) in [5, 5.41) is -2.27. The van der Waals surface area contributed by atoms with Crippen LogP contribution in [0.25, 0.3) is 0 Å². The summed E-state index contributed by atoms with van der Waals surface area (Å²) in [6.45, 7) is 1.39. The Balaban J connectivity index is 3.44. The summed E-state index contributed by atoms with van der Waals surface area (Å²) < 4.78 is 37.2. The molecule has 72 valence electrons. The molecule has 0 aliphatic carbocycles. The normalized spacial score (nSPS) is 10.3. The first-order valence-corrected chi connectivity index (χ1v) is 3.96. The van der Waals surface area contributed by atoms with E-state index in [1.807, 2.05) is 0 Å². The van der Waals surface area contributed by atoms with E-state index in [2.05, 4.69) is 0 Å². The van der Waals surface area contributed by atoms with Crippen molar-refractivity contribution >= 4 is 28.9 Å². The molecule has 0 radical (unpaired) electrons. The van der Waals surface area contributed by atoms with Crippen molar-refractivity contribution < 1.29 is 13.4 Å². The van der Waals surface area contributed by atoms with Crippen molar-refractivity contribution in [1.29, 1.82) is 0 Å². The van der Waals surface area contributed by atoms with Crippen LogP contribution in [0.15, 0.2) is 6.07 Å². The number of aryl methyl sites for hydroxylation is 1. The molecule has 0 atom stereocenters. The Kier molecular flexibility index (Phi) is 2.93. The summed E-state index contributed by atoms with van der Waals surface area (Å²) in [6, 6.07) is 1.09. The lowest BCUT2D eigenvalue weighted by Crippen LogP contribution is -2.00. The van der Waals surface area contributed by atoms with Gasteiger partial charge in [0.1, 0.15) is 16.5 Å². The van der Waals surface area contributed by atoms with Gasteiger partial charge in [-0.3, -0.25) is 0 Å². The van der Waals surface area contributed by atoms with Crippen LogP contribution in [0.4, 0.5) is 19.0 Å². The molecule has 1 aromatic rings. The zero-order valence-electron chi connectivity index (χ0n) is 6.41. The molecule has 0 aliphatic rings. The Labute approximate surface area is 82.5 Å². The maximum Gasteiger partial charge on any atom is 0.147 e. The second-order valence-corrected chi connectivity index (χ2v) is 3.17. The third kappa shape index (κ3) is 1.84. The van der Waals surface area contributed by atoms with Crippen LogP contribution in [0.3, 0.4) is 0 Å². The van der Waals surface area contributed by atoms with Crippen LogP contribution >= 0.6 is 23.2 Å². The Morgan fingerprint density at radius 3 is 2.31 bits per heavy atom. The minimum atomic E-state index is -1.31. The van der Waals surface area contributed by atoms with E-state index in [0.717, 1.165) is 6.07 Å². The van der Waals surface area contributed by atoms with Crippen molar-refractivity contribution in [3.63, 3.8) is 0 Å². The Morgan fingerprint density at radius 2 is 1.85 bits per heavy atom. The van der Waals surface area contributed by atoms with E-state index in [9.17, 15) is 13.4 Å². The van der Waals surface area contributed by atoms with Crippen LogP contribution in [0.5, 0.6) is 0 Å². The molecule has 0 saturated heterocycles. The predicted octanol–water partition coefficient (Wildman–Crippen LogP) is 4.02. The van der Waals surface area contributed by atoms with E-state index in [-0.39, 0.29) is 10.6 Å². The second-order valence-electron chi connectivity index (χ2n) is 2.38. The van der Waals surface area contributed by atoms with Crippen molar-refractivity contribution in [2.24, 2.45) is 0 Å². The van der Waals surface area contributed by atoms with E-state index >= 15 is 0 Å².